The van der Waals surface area contributed by atoms with Crippen LogP contribution < -0.4 is 14.2 Å². The van der Waals surface area contributed by atoms with Crippen LogP contribution in [0, 0.1) is 0 Å². The normalized spacial score (nSPS) is 10.4. The molecule has 0 saturated heterocycles. The van der Waals surface area contributed by atoms with Gasteiger partial charge in [-0.3, -0.25) is 4.79 Å². The van der Waals surface area contributed by atoms with Gasteiger partial charge in [0.05, 0.1) is 26.2 Å². The average molecular weight is 581 g/mol. The summed E-state index contributed by atoms with van der Waals surface area (Å²) in [6, 6.07) is 13.6. The molecule has 0 aliphatic heterocycles. The first-order valence-corrected chi connectivity index (χ1v) is 13.5. The average Bonchev–Trinajstić information content (AvgIpc) is 2.99. The van der Waals surface area contributed by atoms with E-state index in [1.165, 1.54) is 6.08 Å². The van der Waals surface area contributed by atoms with Crippen LogP contribution in [0.3, 0.4) is 0 Å². The van der Waals surface area contributed by atoms with Gasteiger partial charge in [0.1, 0.15) is 30.5 Å². The first-order valence-electron chi connectivity index (χ1n) is 13.5. The molecule has 2 aromatic rings. The molecule has 0 heterocycles. The highest BCUT2D eigenvalue weighted by molar-refractivity contribution is 5.93. The van der Waals surface area contributed by atoms with Crippen LogP contribution >= 0.6 is 0 Å². The Hall–Kier alpha value is -4.86. The number of unbranched alkanes of at least 4 members (excludes halogenated alkanes) is 1. The van der Waals surface area contributed by atoms with Crippen LogP contribution in [-0.4, -0.2) is 56.9 Å². The van der Waals surface area contributed by atoms with Crippen molar-refractivity contribution in [3.8, 4) is 17.2 Å². The van der Waals surface area contributed by atoms with Crippen LogP contribution in [0.5, 0.6) is 17.2 Å². The molecular formula is C32H36O10. The van der Waals surface area contributed by atoms with Crippen LogP contribution in [0.15, 0.2) is 79.4 Å². The zero-order valence-electron chi connectivity index (χ0n) is 23.7. The molecule has 0 fully saturated rings. The molecule has 0 spiro atoms. The molecule has 0 amide bonds. The van der Waals surface area contributed by atoms with Crippen molar-refractivity contribution in [1.82, 2.24) is 0 Å². The maximum atomic E-state index is 12.2. The first kappa shape index (κ1) is 33.3. The molecule has 10 nitrogen and oxygen atoms in total. The molecule has 2 aromatic carbocycles. The molecule has 0 bridgehead atoms. The van der Waals surface area contributed by atoms with Gasteiger partial charge >= 0.3 is 23.9 Å². The van der Waals surface area contributed by atoms with Crippen LogP contribution in [0.4, 0.5) is 0 Å². The fourth-order valence-corrected chi connectivity index (χ4v) is 3.13. The van der Waals surface area contributed by atoms with Gasteiger partial charge in [0.15, 0.2) is 0 Å². The highest BCUT2D eigenvalue weighted by atomic mass is 16.6. The van der Waals surface area contributed by atoms with Crippen molar-refractivity contribution in [2.75, 3.05) is 33.0 Å². The van der Waals surface area contributed by atoms with Crippen LogP contribution in [0.2, 0.25) is 0 Å². The van der Waals surface area contributed by atoms with E-state index in [1.54, 1.807) is 42.5 Å². The molecule has 224 valence electrons. The van der Waals surface area contributed by atoms with Crippen molar-refractivity contribution < 1.29 is 47.6 Å². The number of rotatable bonds is 19. The molecule has 0 saturated carbocycles. The largest absolute Gasteiger partial charge is 0.494 e. The maximum Gasteiger partial charge on any atom is 0.336 e. The quantitative estimate of drug-likeness (QED) is 0.0736. The van der Waals surface area contributed by atoms with Crippen molar-refractivity contribution in [1.29, 1.82) is 0 Å². The number of benzene rings is 2. The van der Waals surface area contributed by atoms with Gasteiger partial charge in [-0.05, 0) is 67.3 Å². The molecule has 0 aliphatic carbocycles. The van der Waals surface area contributed by atoms with E-state index >= 15 is 0 Å². The number of hydrogen-bond acceptors (Lipinski definition) is 10. The van der Waals surface area contributed by atoms with Gasteiger partial charge in [-0.1, -0.05) is 32.2 Å². The fraction of sp³-hybridized carbons (Fsp3) is 0.312. The van der Waals surface area contributed by atoms with Gasteiger partial charge in [-0.2, -0.15) is 0 Å². The third-order valence-corrected chi connectivity index (χ3v) is 5.25. The summed E-state index contributed by atoms with van der Waals surface area (Å²) in [7, 11) is 0. The van der Waals surface area contributed by atoms with Crippen molar-refractivity contribution in [3.05, 3.63) is 85.0 Å². The molecule has 2 rings (SSSR count). The van der Waals surface area contributed by atoms with Gasteiger partial charge in [0.25, 0.3) is 0 Å². The Kier molecular flexibility index (Phi) is 15.3. The van der Waals surface area contributed by atoms with E-state index in [4.69, 9.17) is 28.4 Å². The summed E-state index contributed by atoms with van der Waals surface area (Å²) in [4.78, 5) is 46.6. The highest BCUT2D eigenvalue weighted by Crippen LogP contribution is 2.18. The lowest BCUT2D eigenvalue weighted by atomic mass is 10.2. The van der Waals surface area contributed by atoms with E-state index in [2.05, 4.69) is 13.2 Å². The number of carbonyl (C=O) groups is 4. The first-order chi connectivity index (χ1) is 20.3. The van der Waals surface area contributed by atoms with Crippen LogP contribution in [0.1, 0.15) is 38.2 Å². The number of hydrogen-bond donors (Lipinski definition) is 0. The zero-order chi connectivity index (χ0) is 30.6. The number of esters is 4. The summed E-state index contributed by atoms with van der Waals surface area (Å²) in [6.45, 7) is 9.90. The fourth-order valence-electron chi connectivity index (χ4n) is 3.13. The molecular weight excluding hydrogens is 544 g/mol. The Bertz CT molecular complexity index is 1210. The van der Waals surface area contributed by atoms with E-state index in [0.717, 1.165) is 18.1 Å². The predicted octanol–water partition coefficient (Wildman–Crippen LogP) is 5.02. The lowest BCUT2D eigenvalue weighted by molar-refractivity contribution is -0.146. The topological polar surface area (TPSA) is 124 Å². The molecule has 0 radical (unpaired) electrons. The van der Waals surface area contributed by atoms with Crippen molar-refractivity contribution in [2.24, 2.45) is 0 Å². The second-order valence-electron chi connectivity index (χ2n) is 8.71. The molecule has 0 N–H and O–H groups in total. The summed E-state index contributed by atoms with van der Waals surface area (Å²) in [5, 5.41) is 0. The second kappa shape index (κ2) is 19.3. The summed E-state index contributed by atoms with van der Waals surface area (Å²) in [5.41, 5.74) is 0.802. The van der Waals surface area contributed by atoms with Crippen LogP contribution in [-0.2, 0) is 33.4 Å². The smallest absolute Gasteiger partial charge is 0.336 e. The zero-order valence-corrected chi connectivity index (χ0v) is 23.7. The lowest BCUT2D eigenvalue weighted by Crippen LogP contribution is -2.16. The Morgan fingerprint density at radius 3 is 2.00 bits per heavy atom. The van der Waals surface area contributed by atoms with Crippen molar-refractivity contribution >= 4 is 30.0 Å². The van der Waals surface area contributed by atoms with E-state index in [-0.39, 0.29) is 31.8 Å². The molecule has 42 heavy (non-hydrogen) atoms. The Morgan fingerprint density at radius 1 is 0.714 bits per heavy atom. The minimum atomic E-state index is -0.691. The summed E-state index contributed by atoms with van der Waals surface area (Å²) in [6.07, 6.45) is 5.96. The number of ether oxygens (including phenoxy) is 6. The second-order valence-corrected chi connectivity index (χ2v) is 8.71. The van der Waals surface area contributed by atoms with E-state index in [1.807, 2.05) is 19.1 Å². The minimum absolute atomic E-state index is 0.0105. The Labute approximate surface area is 245 Å². The third-order valence-electron chi connectivity index (χ3n) is 5.25. The SMILES string of the molecule is C=CC(=O)OCCCCOc1ccc(/C=C/C(=O)Oc2ccc(OCCOC(=O)C(=C)CC(=O)OCCC)cc2)cc1. The number of carbonyl (C=O) groups excluding carboxylic acids is 4. The van der Waals surface area contributed by atoms with Crippen molar-refractivity contribution in [3.63, 3.8) is 0 Å². The molecule has 0 atom stereocenters. The highest BCUT2D eigenvalue weighted by Gasteiger charge is 2.14. The predicted molar refractivity (Wildman–Crippen MR) is 155 cm³/mol. The summed E-state index contributed by atoms with van der Waals surface area (Å²) < 4.78 is 31.3. The summed E-state index contributed by atoms with van der Waals surface area (Å²) in [5.74, 6) is -0.695. The molecule has 10 heteroatoms. The van der Waals surface area contributed by atoms with Crippen LogP contribution in [0.25, 0.3) is 6.08 Å². The van der Waals surface area contributed by atoms with E-state index < -0.39 is 23.9 Å². The third kappa shape index (κ3) is 14.0. The van der Waals surface area contributed by atoms with E-state index in [9.17, 15) is 19.2 Å². The monoisotopic (exact) mass is 580 g/mol. The minimum Gasteiger partial charge on any atom is -0.494 e. The van der Waals surface area contributed by atoms with Gasteiger partial charge in [0, 0.05) is 17.7 Å². The Morgan fingerprint density at radius 2 is 1.33 bits per heavy atom. The standard InChI is InChI=1S/C32H36O10/c1-4-18-39-31(35)23-24(3)32(36)41-22-21-38-27-13-15-28(16-14-27)42-30(34)17-10-25-8-11-26(12-9-25)37-19-6-7-20-40-29(33)5-2/h5,8-17H,2-4,6-7,18-23H2,1H3/b17-10+. The van der Waals surface area contributed by atoms with Gasteiger partial charge in [0.2, 0.25) is 0 Å². The molecule has 0 aromatic heterocycles. The molecule has 0 aliphatic rings. The summed E-state index contributed by atoms with van der Waals surface area (Å²) >= 11 is 0. The van der Waals surface area contributed by atoms with Gasteiger partial charge in [-0.15, -0.1) is 0 Å². The van der Waals surface area contributed by atoms with Crippen molar-refractivity contribution in [2.45, 2.75) is 32.6 Å². The Balaban J connectivity index is 1.65. The van der Waals surface area contributed by atoms with E-state index in [0.29, 0.717) is 43.3 Å². The molecule has 0 unspecified atom stereocenters. The van der Waals surface area contributed by atoms with Gasteiger partial charge < -0.3 is 28.4 Å². The lowest BCUT2D eigenvalue weighted by Gasteiger charge is -2.09. The van der Waals surface area contributed by atoms with Gasteiger partial charge in [-0.25, -0.2) is 14.4 Å². The maximum absolute atomic E-state index is 12.2.